The highest BCUT2D eigenvalue weighted by atomic mass is 32.1. The second-order valence-electron chi connectivity index (χ2n) is 3.27. The van der Waals surface area contributed by atoms with Crippen LogP contribution in [0.5, 0.6) is 0 Å². The van der Waals surface area contributed by atoms with Gasteiger partial charge in [-0.2, -0.15) is 5.10 Å². The Morgan fingerprint density at radius 1 is 1.47 bits per heavy atom. The molecular weight excluding hydrogens is 240 g/mol. The van der Waals surface area contributed by atoms with Crippen LogP contribution in [0, 0.1) is 0 Å². The summed E-state index contributed by atoms with van der Waals surface area (Å²) in [5.74, 6) is -0.497. The van der Waals surface area contributed by atoms with Crippen molar-refractivity contribution in [2.24, 2.45) is 0 Å². The Balaban J connectivity index is 2.36. The van der Waals surface area contributed by atoms with Crippen LogP contribution >= 0.6 is 11.3 Å². The first-order valence-corrected chi connectivity index (χ1v) is 5.77. The first-order valence-electron chi connectivity index (χ1n) is 4.89. The second kappa shape index (κ2) is 4.92. The molecule has 88 valence electrons. The van der Waals surface area contributed by atoms with Crippen molar-refractivity contribution >= 4 is 17.3 Å². The van der Waals surface area contributed by atoms with Crippen LogP contribution in [0.25, 0.3) is 10.6 Å². The summed E-state index contributed by atoms with van der Waals surface area (Å²) in [4.78, 5) is 23.5. The summed E-state index contributed by atoms with van der Waals surface area (Å²) >= 11 is 1.52. The van der Waals surface area contributed by atoms with E-state index in [0.29, 0.717) is 5.69 Å². The zero-order valence-corrected chi connectivity index (χ0v) is 9.94. The highest BCUT2D eigenvalue weighted by Crippen LogP contribution is 2.20. The van der Waals surface area contributed by atoms with Gasteiger partial charge in [0.15, 0.2) is 0 Å². The second-order valence-corrected chi connectivity index (χ2v) is 4.22. The molecule has 0 aliphatic carbocycles. The van der Waals surface area contributed by atoms with Crippen LogP contribution in [0.15, 0.2) is 34.4 Å². The molecule has 0 saturated heterocycles. The van der Waals surface area contributed by atoms with Crippen molar-refractivity contribution in [3.8, 4) is 10.6 Å². The third-order valence-electron chi connectivity index (χ3n) is 2.15. The Bertz CT molecular complexity index is 575. The predicted octanol–water partition coefficient (Wildman–Crippen LogP) is 1.14. The van der Waals surface area contributed by atoms with Gasteiger partial charge < -0.3 is 4.74 Å². The van der Waals surface area contributed by atoms with E-state index in [4.69, 9.17) is 0 Å². The summed E-state index contributed by atoms with van der Waals surface area (Å²) in [5.41, 5.74) is 0.346. The molecule has 0 aliphatic heterocycles. The van der Waals surface area contributed by atoms with Crippen molar-refractivity contribution in [3.63, 3.8) is 0 Å². The van der Waals surface area contributed by atoms with E-state index in [-0.39, 0.29) is 12.1 Å². The lowest BCUT2D eigenvalue weighted by Crippen LogP contribution is -2.26. The number of hydrogen-bond donors (Lipinski definition) is 0. The van der Waals surface area contributed by atoms with Gasteiger partial charge >= 0.3 is 5.97 Å². The quantitative estimate of drug-likeness (QED) is 0.766. The van der Waals surface area contributed by atoms with Gasteiger partial charge in [0.05, 0.1) is 12.0 Å². The van der Waals surface area contributed by atoms with Crippen LogP contribution < -0.4 is 5.56 Å². The Morgan fingerprint density at radius 2 is 2.29 bits per heavy atom. The number of carbonyl (C=O) groups excluding carboxylic acids is 1. The number of aromatic nitrogens is 2. The Kier molecular flexibility index (Phi) is 3.34. The molecule has 5 nitrogen and oxygen atoms in total. The average molecular weight is 250 g/mol. The third-order valence-corrected chi connectivity index (χ3v) is 3.04. The Labute approximate surface area is 101 Å². The summed E-state index contributed by atoms with van der Waals surface area (Å²) in [5, 5.41) is 6.04. The van der Waals surface area contributed by atoms with E-state index in [1.807, 2.05) is 17.5 Å². The standard InChI is InChI=1S/C11H10N2O3S/c1-16-11(15)7-13-10(14)5-4-8(12-13)9-3-2-6-17-9/h2-6H,7H2,1H3. The number of methoxy groups -OCH3 is 1. The summed E-state index contributed by atoms with van der Waals surface area (Å²) < 4.78 is 5.60. The van der Waals surface area contributed by atoms with Crippen LogP contribution in [0.1, 0.15) is 0 Å². The first-order chi connectivity index (χ1) is 8.20. The number of thiophene rings is 1. The van der Waals surface area contributed by atoms with Gasteiger partial charge in [-0.3, -0.25) is 9.59 Å². The lowest BCUT2D eigenvalue weighted by molar-refractivity contribution is -0.141. The van der Waals surface area contributed by atoms with E-state index in [1.165, 1.54) is 24.5 Å². The minimum atomic E-state index is -0.497. The van der Waals surface area contributed by atoms with E-state index in [0.717, 1.165) is 9.56 Å². The molecule has 2 aromatic rings. The topological polar surface area (TPSA) is 61.2 Å². The van der Waals surface area contributed by atoms with E-state index in [1.54, 1.807) is 6.07 Å². The molecule has 0 fully saturated rings. The lowest BCUT2D eigenvalue weighted by atomic mass is 10.3. The van der Waals surface area contributed by atoms with Crippen LogP contribution in [0.2, 0.25) is 0 Å². The normalized spacial score (nSPS) is 10.2. The molecule has 0 N–H and O–H groups in total. The molecule has 0 unspecified atom stereocenters. The molecule has 6 heteroatoms. The first kappa shape index (κ1) is 11.5. The van der Waals surface area contributed by atoms with E-state index < -0.39 is 5.97 Å². The molecule has 0 radical (unpaired) electrons. The zero-order chi connectivity index (χ0) is 12.3. The number of carbonyl (C=O) groups is 1. The van der Waals surface area contributed by atoms with Gasteiger partial charge in [-0.1, -0.05) is 6.07 Å². The summed E-state index contributed by atoms with van der Waals surface area (Å²) in [6, 6.07) is 6.84. The number of ether oxygens (including phenoxy) is 1. The van der Waals surface area contributed by atoms with E-state index in [2.05, 4.69) is 9.84 Å². The van der Waals surface area contributed by atoms with Gasteiger partial charge in [0.1, 0.15) is 12.2 Å². The van der Waals surface area contributed by atoms with Crippen molar-refractivity contribution in [2.75, 3.05) is 7.11 Å². The third kappa shape index (κ3) is 2.59. The van der Waals surface area contributed by atoms with Crippen LogP contribution in [0.4, 0.5) is 0 Å². The van der Waals surface area contributed by atoms with Crippen molar-refractivity contribution < 1.29 is 9.53 Å². The van der Waals surface area contributed by atoms with Crippen molar-refractivity contribution in [2.45, 2.75) is 6.54 Å². The van der Waals surface area contributed by atoms with Crippen LogP contribution in [-0.4, -0.2) is 22.9 Å². The molecule has 0 spiro atoms. The minimum Gasteiger partial charge on any atom is -0.468 e. The molecule has 17 heavy (non-hydrogen) atoms. The van der Waals surface area contributed by atoms with Crippen molar-refractivity contribution in [1.82, 2.24) is 9.78 Å². The summed E-state index contributed by atoms with van der Waals surface area (Å²) in [7, 11) is 1.27. The van der Waals surface area contributed by atoms with Gasteiger partial charge in [0.25, 0.3) is 5.56 Å². The number of rotatable bonds is 3. The van der Waals surface area contributed by atoms with Crippen molar-refractivity contribution in [1.29, 1.82) is 0 Å². The fraction of sp³-hybridized carbons (Fsp3) is 0.182. The largest absolute Gasteiger partial charge is 0.468 e. The van der Waals surface area contributed by atoms with Crippen LogP contribution in [0.3, 0.4) is 0 Å². The van der Waals surface area contributed by atoms with Gasteiger partial charge in [-0.25, -0.2) is 4.68 Å². The summed E-state index contributed by atoms with van der Waals surface area (Å²) in [6.45, 7) is -0.172. The molecular formula is C11H10N2O3S. The van der Waals surface area contributed by atoms with E-state index in [9.17, 15) is 9.59 Å². The Morgan fingerprint density at radius 3 is 2.94 bits per heavy atom. The highest BCUT2D eigenvalue weighted by Gasteiger charge is 2.07. The maximum atomic E-state index is 11.5. The van der Waals surface area contributed by atoms with Crippen LogP contribution in [-0.2, 0) is 16.1 Å². The molecule has 0 atom stereocenters. The SMILES string of the molecule is COC(=O)Cn1nc(-c2cccs2)ccc1=O. The monoisotopic (exact) mass is 250 g/mol. The predicted molar refractivity (Wildman–Crippen MR) is 63.8 cm³/mol. The molecule has 0 saturated carbocycles. The van der Waals surface area contributed by atoms with Gasteiger partial charge in [0, 0.05) is 6.07 Å². The molecule has 2 rings (SSSR count). The number of esters is 1. The molecule has 0 aliphatic rings. The summed E-state index contributed by atoms with van der Waals surface area (Å²) in [6.07, 6.45) is 0. The fourth-order valence-corrected chi connectivity index (χ4v) is 2.00. The molecule has 2 heterocycles. The van der Waals surface area contributed by atoms with Crippen molar-refractivity contribution in [3.05, 3.63) is 40.0 Å². The van der Waals surface area contributed by atoms with Gasteiger partial charge in [-0.05, 0) is 17.5 Å². The number of nitrogens with zero attached hydrogens (tertiary/aromatic N) is 2. The lowest BCUT2D eigenvalue weighted by Gasteiger charge is -2.04. The van der Waals surface area contributed by atoms with Gasteiger partial charge in [0.2, 0.25) is 0 Å². The average Bonchev–Trinajstić information content (AvgIpc) is 2.85. The fourth-order valence-electron chi connectivity index (χ4n) is 1.30. The molecule has 0 aromatic carbocycles. The maximum absolute atomic E-state index is 11.5. The highest BCUT2D eigenvalue weighted by molar-refractivity contribution is 7.13. The molecule has 0 amide bonds. The van der Waals surface area contributed by atoms with E-state index >= 15 is 0 Å². The maximum Gasteiger partial charge on any atom is 0.327 e. The number of hydrogen-bond acceptors (Lipinski definition) is 5. The smallest absolute Gasteiger partial charge is 0.327 e. The van der Waals surface area contributed by atoms with Gasteiger partial charge in [-0.15, -0.1) is 11.3 Å². The minimum absolute atomic E-state index is 0.172. The zero-order valence-electron chi connectivity index (χ0n) is 9.12. The molecule has 0 bridgehead atoms. The molecule has 2 aromatic heterocycles. The Hall–Kier alpha value is -1.95.